The summed E-state index contributed by atoms with van der Waals surface area (Å²) < 4.78 is 83.1. The summed E-state index contributed by atoms with van der Waals surface area (Å²) in [5, 5.41) is 0. The van der Waals surface area contributed by atoms with E-state index in [1.807, 2.05) is 31.2 Å². The largest absolute Gasteiger partial charge is 0.490 e. The van der Waals surface area contributed by atoms with Gasteiger partial charge in [-0.15, -0.1) is 0 Å². The molecule has 0 aliphatic rings. The van der Waals surface area contributed by atoms with Gasteiger partial charge in [-0.05, 0) is 72.5 Å². The third-order valence-corrected chi connectivity index (χ3v) is 6.83. The second-order valence-corrected chi connectivity index (χ2v) is 10.2. The molecule has 0 heterocycles. The predicted octanol–water partition coefficient (Wildman–Crippen LogP) is 9.61. The second-order valence-electron chi connectivity index (χ2n) is 10.2. The fourth-order valence-corrected chi connectivity index (χ4v) is 4.33. The van der Waals surface area contributed by atoms with Gasteiger partial charge in [-0.3, -0.25) is 0 Å². The van der Waals surface area contributed by atoms with Crippen molar-refractivity contribution in [1.29, 1.82) is 0 Å². The molecule has 10 heteroatoms. The molecule has 5 nitrogen and oxygen atoms in total. The van der Waals surface area contributed by atoms with Gasteiger partial charge in [-0.2, -0.15) is 22.0 Å². The van der Waals surface area contributed by atoms with Crippen molar-refractivity contribution in [3.05, 3.63) is 96.6 Å². The molecule has 44 heavy (non-hydrogen) atoms. The van der Waals surface area contributed by atoms with Crippen LogP contribution in [0.3, 0.4) is 0 Å². The number of esters is 2. The van der Waals surface area contributed by atoms with Crippen LogP contribution in [-0.4, -0.2) is 36.7 Å². The van der Waals surface area contributed by atoms with Gasteiger partial charge in [0, 0.05) is 0 Å². The van der Waals surface area contributed by atoms with E-state index in [1.54, 1.807) is 30.3 Å². The quantitative estimate of drug-likeness (QED) is 0.0526. The minimum Gasteiger partial charge on any atom is -0.490 e. The minimum absolute atomic E-state index is 0.0370. The Kier molecular flexibility index (Phi) is 12.5. The van der Waals surface area contributed by atoms with Crippen LogP contribution >= 0.6 is 0 Å². The number of hydrogen-bond donors (Lipinski definition) is 0. The molecule has 0 amide bonds. The zero-order valence-corrected chi connectivity index (χ0v) is 24.4. The Morgan fingerprint density at radius 1 is 0.727 bits per heavy atom. The lowest BCUT2D eigenvalue weighted by atomic mass is 10.0. The van der Waals surface area contributed by atoms with Gasteiger partial charge in [0.2, 0.25) is 0 Å². The summed E-state index contributed by atoms with van der Waals surface area (Å²) in [6, 6.07) is 18.7. The van der Waals surface area contributed by atoms with E-state index in [0.29, 0.717) is 25.2 Å². The number of hydrogen-bond acceptors (Lipinski definition) is 5. The highest BCUT2D eigenvalue weighted by Gasteiger charge is 2.63. The van der Waals surface area contributed by atoms with Crippen molar-refractivity contribution in [2.75, 3.05) is 6.61 Å². The average Bonchev–Trinajstić information content (AvgIpc) is 3.01. The number of halogens is 5. The lowest BCUT2D eigenvalue weighted by molar-refractivity contribution is -0.312. The summed E-state index contributed by atoms with van der Waals surface area (Å²) in [7, 11) is 0. The monoisotopic (exact) mass is 618 g/mol. The van der Waals surface area contributed by atoms with Gasteiger partial charge in [-0.25, -0.2) is 9.59 Å². The van der Waals surface area contributed by atoms with Crippen LogP contribution in [0.2, 0.25) is 0 Å². The Hall–Kier alpha value is -4.21. The van der Waals surface area contributed by atoms with E-state index in [2.05, 4.69) is 11.3 Å². The molecule has 1 unspecified atom stereocenters. The molecule has 1 atom stereocenters. The van der Waals surface area contributed by atoms with Crippen molar-refractivity contribution >= 4 is 11.9 Å². The highest BCUT2D eigenvalue weighted by Crippen LogP contribution is 2.41. The average molecular weight is 619 g/mol. The van der Waals surface area contributed by atoms with Gasteiger partial charge < -0.3 is 14.2 Å². The molecule has 0 fully saturated rings. The van der Waals surface area contributed by atoms with Crippen LogP contribution in [0.5, 0.6) is 11.5 Å². The van der Waals surface area contributed by atoms with Gasteiger partial charge in [0.05, 0.1) is 11.1 Å². The first-order valence-corrected chi connectivity index (χ1v) is 14.4. The Balaban J connectivity index is 1.60. The van der Waals surface area contributed by atoms with Crippen molar-refractivity contribution in [2.24, 2.45) is 0 Å². The number of benzene rings is 3. The molecule has 0 radical (unpaired) electrons. The normalized spacial score (nSPS) is 12.3. The van der Waals surface area contributed by atoms with Crippen LogP contribution in [0.15, 0.2) is 85.5 Å². The highest BCUT2D eigenvalue weighted by atomic mass is 19.4. The van der Waals surface area contributed by atoms with Crippen LogP contribution in [0.1, 0.15) is 72.6 Å². The predicted molar refractivity (Wildman–Crippen MR) is 157 cm³/mol. The zero-order chi connectivity index (χ0) is 32.2. The SMILES string of the molecule is C=CCOc1ccc(-c2ccc(C(=O)Oc3ccc(C(=O)OC(CCCCCCCC)C(F)(F)C(F)(F)F)cc3)cc2)cc1. The van der Waals surface area contributed by atoms with Crippen molar-refractivity contribution in [3.8, 4) is 22.6 Å². The first kappa shape index (κ1) is 34.3. The van der Waals surface area contributed by atoms with E-state index in [9.17, 15) is 31.5 Å². The van der Waals surface area contributed by atoms with Crippen LogP contribution in [-0.2, 0) is 4.74 Å². The molecule has 0 N–H and O–H groups in total. The first-order valence-electron chi connectivity index (χ1n) is 14.4. The summed E-state index contributed by atoms with van der Waals surface area (Å²) in [5.74, 6) is -6.50. The molecular weight excluding hydrogens is 583 g/mol. The summed E-state index contributed by atoms with van der Waals surface area (Å²) in [6.07, 6.45) is -3.58. The second kappa shape index (κ2) is 16.0. The molecule has 236 valence electrons. The van der Waals surface area contributed by atoms with E-state index in [1.165, 1.54) is 12.1 Å². The van der Waals surface area contributed by atoms with Crippen molar-refractivity contribution in [1.82, 2.24) is 0 Å². The fraction of sp³-hybridized carbons (Fsp3) is 0.353. The first-order chi connectivity index (χ1) is 21.0. The molecular formula is C34H35F5O5. The van der Waals surface area contributed by atoms with Crippen molar-refractivity contribution in [3.63, 3.8) is 0 Å². The van der Waals surface area contributed by atoms with Gasteiger partial charge in [-0.1, -0.05) is 75.9 Å². The van der Waals surface area contributed by atoms with Gasteiger partial charge in [0.15, 0.2) is 6.10 Å². The smallest absolute Gasteiger partial charge is 0.457 e. The summed E-state index contributed by atoms with van der Waals surface area (Å²) in [6.45, 7) is 6.00. The van der Waals surface area contributed by atoms with E-state index in [-0.39, 0.29) is 23.3 Å². The van der Waals surface area contributed by atoms with Crippen LogP contribution in [0.4, 0.5) is 22.0 Å². The number of rotatable bonds is 16. The van der Waals surface area contributed by atoms with Gasteiger partial charge in [0.25, 0.3) is 0 Å². The van der Waals surface area contributed by atoms with Crippen molar-refractivity contribution < 1.29 is 45.8 Å². The van der Waals surface area contributed by atoms with Crippen LogP contribution in [0, 0.1) is 0 Å². The number of ether oxygens (including phenoxy) is 3. The third-order valence-electron chi connectivity index (χ3n) is 6.83. The standard InChI is InChI=1S/C34H35F5O5/c1-3-5-6-7-8-9-10-30(33(35,36)34(37,38)39)44-32(41)27-17-21-29(22-18-27)43-31(40)26-13-11-24(12-14-26)25-15-19-28(20-16-25)42-23-4-2/h4,11-22,30H,2-3,5-10,23H2,1H3. The number of alkyl halides is 5. The minimum atomic E-state index is -5.87. The Morgan fingerprint density at radius 3 is 1.80 bits per heavy atom. The number of unbranched alkanes of at least 4 members (excludes halogenated alkanes) is 5. The lowest BCUT2D eigenvalue weighted by Gasteiger charge is -2.28. The Bertz CT molecular complexity index is 1350. The lowest BCUT2D eigenvalue weighted by Crippen LogP contribution is -2.49. The van der Waals surface area contributed by atoms with E-state index < -0.39 is 36.6 Å². The molecule has 0 spiro atoms. The highest BCUT2D eigenvalue weighted by molar-refractivity contribution is 5.92. The summed E-state index contributed by atoms with van der Waals surface area (Å²) in [4.78, 5) is 25.2. The summed E-state index contributed by atoms with van der Waals surface area (Å²) >= 11 is 0. The molecule has 3 rings (SSSR count). The molecule has 0 saturated carbocycles. The van der Waals surface area contributed by atoms with Gasteiger partial charge in [0.1, 0.15) is 18.1 Å². The topological polar surface area (TPSA) is 61.8 Å². The maximum Gasteiger partial charge on any atom is 0.457 e. The molecule has 0 bridgehead atoms. The third kappa shape index (κ3) is 9.65. The van der Waals surface area contributed by atoms with Crippen molar-refractivity contribution in [2.45, 2.75) is 70.1 Å². The number of carbonyl (C=O) groups excluding carboxylic acids is 2. The molecule has 0 aliphatic heterocycles. The maximum atomic E-state index is 14.2. The zero-order valence-electron chi connectivity index (χ0n) is 24.4. The van der Waals surface area contributed by atoms with Crippen LogP contribution in [0.25, 0.3) is 11.1 Å². The molecule has 3 aromatic rings. The molecule has 0 aromatic heterocycles. The molecule has 0 aliphatic carbocycles. The van der Waals surface area contributed by atoms with E-state index in [0.717, 1.165) is 42.5 Å². The number of carbonyl (C=O) groups is 2. The Morgan fingerprint density at radius 2 is 1.23 bits per heavy atom. The maximum absolute atomic E-state index is 14.2. The van der Waals surface area contributed by atoms with E-state index in [4.69, 9.17) is 9.47 Å². The molecule has 3 aromatic carbocycles. The Labute approximate surface area is 253 Å². The fourth-order valence-electron chi connectivity index (χ4n) is 4.33. The molecule has 0 saturated heterocycles. The van der Waals surface area contributed by atoms with Gasteiger partial charge >= 0.3 is 24.0 Å². The summed E-state index contributed by atoms with van der Waals surface area (Å²) in [5.41, 5.74) is 1.74. The van der Waals surface area contributed by atoms with E-state index >= 15 is 0 Å². The van der Waals surface area contributed by atoms with Crippen LogP contribution < -0.4 is 9.47 Å².